The third-order valence-electron chi connectivity index (χ3n) is 6.44. The largest absolute Gasteiger partial charge is 0.352 e. The molecule has 4 rings (SSSR count). The van der Waals surface area contributed by atoms with Crippen LogP contribution in [0.2, 0.25) is 0 Å². The van der Waals surface area contributed by atoms with Gasteiger partial charge in [-0.3, -0.25) is 19.7 Å². The predicted molar refractivity (Wildman–Crippen MR) is 114 cm³/mol. The Kier molecular flexibility index (Phi) is 5.92. The molecular formula is C23H31N5O. The number of nitrogens with zero attached hydrogens (tertiary/aromatic N) is 4. The normalized spacial score (nSPS) is 20.2. The first-order chi connectivity index (χ1) is 14.1. The van der Waals surface area contributed by atoms with Crippen LogP contribution in [0.5, 0.6) is 0 Å². The van der Waals surface area contributed by atoms with Crippen LogP contribution in [0.3, 0.4) is 0 Å². The molecule has 29 heavy (non-hydrogen) atoms. The van der Waals surface area contributed by atoms with Crippen molar-refractivity contribution in [3.63, 3.8) is 0 Å². The van der Waals surface area contributed by atoms with Crippen molar-refractivity contribution in [1.82, 2.24) is 25.1 Å². The Labute approximate surface area is 173 Å². The molecule has 1 saturated heterocycles. The Morgan fingerprint density at radius 2 is 1.83 bits per heavy atom. The van der Waals surface area contributed by atoms with E-state index in [1.54, 1.807) is 18.6 Å². The Balaban J connectivity index is 1.52. The van der Waals surface area contributed by atoms with Crippen molar-refractivity contribution < 1.29 is 4.79 Å². The Morgan fingerprint density at radius 3 is 2.41 bits per heavy atom. The molecule has 2 aliphatic rings. The van der Waals surface area contributed by atoms with Crippen LogP contribution in [0, 0.1) is 0 Å². The Morgan fingerprint density at radius 1 is 1.14 bits per heavy atom. The molecule has 1 aromatic heterocycles. The van der Waals surface area contributed by atoms with Crippen molar-refractivity contribution in [3.8, 4) is 0 Å². The minimum Gasteiger partial charge on any atom is -0.352 e. The fourth-order valence-corrected chi connectivity index (χ4v) is 4.77. The monoisotopic (exact) mass is 393 g/mol. The molecule has 1 fully saturated rings. The zero-order valence-corrected chi connectivity index (χ0v) is 17.5. The van der Waals surface area contributed by atoms with Crippen LogP contribution in [0.15, 0.2) is 42.9 Å². The van der Waals surface area contributed by atoms with Crippen molar-refractivity contribution in [2.45, 2.75) is 44.7 Å². The fraction of sp³-hybridized carbons (Fsp3) is 0.522. The molecule has 1 N–H and O–H groups in total. The van der Waals surface area contributed by atoms with Crippen LogP contribution in [-0.4, -0.2) is 70.0 Å². The zero-order valence-electron chi connectivity index (χ0n) is 17.5. The number of aromatic nitrogens is 2. The summed E-state index contributed by atoms with van der Waals surface area (Å²) in [6.07, 6.45) is 7.41. The van der Waals surface area contributed by atoms with Crippen LogP contribution in [0.4, 0.5) is 0 Å². The van der Waals surface area contributed by atoms with E-state index in [0.29, 0.717) is 6.42 Å². The second-order valence-electron chi connectivity index (χ2n) is 8.35. The van der Waals surface area contributed by atoms with Gasteiger partial charge in [0.15, 0.2) is 0 Å². The molecule has 1 aliphatic heterocycles. The number of carbonyl (C=O) groups excluding carboxylic acids is 1. The quantitative estimate of drug-likeness (QED) is 0.809. The van der Waals surface area contributed by atoms with Gasteiger partial charge in [0, 0.05) is 70.1 Å². The van der Waals surface area contributed by atoms with Gasteiger partial charge < -0.3 is 10.2 Å². The summed E-state index contributed by atoms with van der Waals surface area (Å²) >= 11 is 0. The maximum absolute atomic E-state index is 13.7. The molecule has 6 heteroatoms. The van der Waals surface area contributed by atoms with Crippen molar-refractivity contribution in [2.24, 2.45) is 0 Å². The lowest BCUT2D eigenvalue weighted by Crippen LogP contribution is -2.65. The lowest BCUT2D eigenvalue weighted by atomic mass is 9.90. The molecule has 0 spiro atoms. The third-order valence-corrected chi connectivity index (χ3v) is 6.44. The number of hydrogen-bond donors (Lipinski definition) is 1. The van der Waals surface area contributed by atoms with Crippen LogP contribution >= 0.6 is 0 Å². The average molecular weight is 394 g/mol. The maximum Gasteiger partial charge on any atom is 0.241 e. The molecule has 1 aliphatic carbocycles. The summed E-state index contributed by atoms with van der Waals surface area (Å²) in [5.41, 5.74) is 3.03. The molecule has 2 aromatic rings. The SMILES string of the molecule is CCN1CCN(C2(C(=O)N[C@H](C)Cc3cnccn3)Cc3ccccc3C2)CC1. The highest BCUT2D eigenvalue weighted by Crippen LogP contribution is 2.36. The minimum atomic E-state index is -0.486. The highest BCUT2D eigenvalue weighted by Gasteiger charge is 2.49. The van der Waals surface area contributed by atoms with Gasteiger partial charge in [-0.2, -0.15) is 0 Å². The second kappa shape index (κ2) is 8.59. The van der Waals surface area contributed by atoms with Crippen LogP contribution < -0.4 is 5.32 Å². The molecule has 1 aromatic carbocycles. The first-order valence-corrected chi connectivity index (χ1v) is 10.7. The van der Waals surface area contributed by atoms with E-state index < -0.39 is 5.54 Å². The van der Waals surface area contributed by atoms with Crippen molar-refractivity contribution in [2.75, 3.05) is 32.7 Å². The van der Waals surface area contributed by atoms with E-state index in [4.69, 9.17) is 0 Å². The number of amides is 1. The molecule has 6 nitrogen and oxygen atoms in total. The minimum absolute atomic E-state index is 0.0109. The van der Waals surface area contributed by atoms with E-state index in [0.717, 1.165) is 51.3 Å². The maximum atomic E-state index is 13.7. The van der Waals surface area contributed by atoms with Crippen molar-refractivity contribution in [3.05, 3.63) is 59.7 Å². The molecule has 0 saturated carbocycles. The summed E-state index contributed by atoms with van der Waals surface area (Å²) in [5.74, 6) is 0.148. The summed E-state index contributed by atoms with van der Waals surface area (Å²) in [6, 6.07) is 8.53. The van der Waals surface area contributed by atoms with E-state index in [9.17, 15) is 4.79 Å². The molecule has 2 heterocycles. The van der Waals surface area contributed by atoms with Gasteiger partial charge in [0.05, 0.1) is 5.69 Å². The Hall–Kier alpha value is -2.31. The molecule has 0 radical (unpaired) electrons. The summed E-state index contributed by atoms with van der Waals surface area (Å²) < 4.78 is 0. The third kappa shape index (κ3) is 4.19. The number of likely N-dealkylation sites (N-methyl/N-ethyl adjacent to an activating group) is 1. The summed E-state index contributed by atoms with van der Waals surface area (Å²) in [7, 11) is 0. The van der Waals surface area contributed by atoms with Gasteiger partial charge in [-0.25, -0.2) is 0 Å². The molecule has 0 bridgehead atoms. The molecule has 154 valence electrons. The van der Waals surface area contributed by atoms with Gasteiger partial charge >= 0.3 is 0 Å². The van der Waals surface area contributed by atoms with Gasteiger partial charge in [0.1, 0.15) is 5.54 Å². The standard InChI is InChI=1S/C23H31N5O/c1-3-27-10-12-28(13-11-27)23(15-19-6-4-5-7-20(19)16-23)22(29)26-18(2)14-21-17-24-8-9-25-21/h4-9,17-18H,3,10-16H2,1-2H3,(H,26,29)/t18-/m1/s1. The number of nitrogens with one attached hydrogen (secondary N) is 1. The van der Waals surface area contributed by atoms with E-state index in [2.05, 4.69) is 63.2 Å². The second-order valence-corrected chi connectivity index (χ2v) is 8.35. The van der Waals surface area contributed by atoms with Gasteiger partial charge in [0.2, 0.25) is 5.91 Å². The molecular weight excluding hydrogens is 362 g/mol. The van der Waals surface area contributed by atoms with Crippen molar-refractivity contribution >= 4 is 5.91 Å². The number of benzene rings is 1. The summed E-state index contributed by atoms with van der Waals surface area (Å²) in [6.45, 7) is 9.26. The first-order valence-electron chi connectivity index (χ1n) is 10.7. The number of rotatable bonds is 6. The van der Waals surface area contributed by atoms with Crippen LogP contribution in [0.25, 0.3) is 0 Å². The molecule has 0 unspecified atom stereocenters. The average Bonchev–Trinajstić information content (AvgIpc) is 3.15. The van der Waals surface area contributed by atoms with E-state index in [1.165, 1.54) is 11.1 Å². The number of fused-ring (bicyclic) bond motifs is 1. The van der Waals surface area contributed by atoms with Gasteiger partial charge in [-0.05, 0) is 24.6 Å². The van der Waals surface area contributed by atoms with E-state index >= 15 is 0 Å². The number of hydrogen-bond acceptors (Lipinski definition) is 5. The Bertz CT molecular complexity index is 807. The van der Waals surface area contributed by atoms with E-state index in [1.807, 2.05) is 0 Å². The van der Waals surface area contributed by atoms with Crippen LogP contribution in [-0.2, 0) is 24.1 Å². The van der Waals surface area contributed by atoms with Gasteiger partial charge in [-0.1, -0.05) is 31.2 Å². The smallest absolute Gasteiger partial charge is 0.241 e. The van der Waals surface area contributed by atoms with Crippen LogP contribution in [0.1, 0.15) is 30.7 Å². The lowest BCUT2D eigenvalue weighted by Gasteiger charge is -2.45. The summed E-state index contributed by atoms with van der Waals surface area (Å²) in [4.78, 5) is 27.1. The topological polar surface area (TPSA) is 61.4 Å². The number of carbonyl (C=O) groups is 1. The number of piperazine rings is 1. The molecule has 1 atom stereocenters. The first kappa shape index (κ1) is 20.0. The van der Waals surface area contributed by atoms with Gasteiger partial charge in [0.25, 0.3) is 0 Å². The highest BCUT2D eigenvalue weighted by atomic mass is 16.2. The lowest BCUT2D eigenvalue weighted by molar-refractivity contribution is -0.135. The zero-order chi connectivity index (χ0) is 20.3. The van der Waals surface area contributed by atoms with Crippen molar-refractivity contribution in [1.29, 1.82) is 0 Å². The summed E-state index contributed by atoms with van der Waals surface area (Å²) in [5, 5.41) is 3.31. The molecule has 1 amide bonds. The highest BCUT2D eigenvalue weighted by molar-refractivity contribution is 5.88. The van der Waals surface area contributed by atoms with Gasteiger partial charge in [-0.15, -0.1) is 0 Å². The fourth-order valence-electron chi connectivity index (χ4n) is 4.77. The van der Waals surface area contributed by atoms with E-state index in [-0.39, 0.29) is 11.9 Å². The predicted octanol–water partition coefficient (Wildman–Crippen LogP) is 1.70.